The monoisotopic (exact) mass is 695 g/mol. The van der Waals surface area contributed by atoms with Crippen molar-refractivity contribution in [1.29, 1.82) is 0 Å². The molecule has 0 bridgehead atoms. The van der Waals surface area contributed by atoms with Crippen molar-refractivity contribution in [3.8, 4) is 17.0 Å². The molecule has 3 rings (SSSR count). The van der Waals surface area contributed by atoms with Crippen LogP contribution in [-0.4, -0.2) is 95.5 Å². The molecule has 0 aliphatic carbocycles. The first kappa shape index (κ1) is 38.6. The van der Waals surface area contributed by atoms with Crippen LogP contribution < -0.4 is 10.1 Å². The molecule has 0 aliphatic rings. The molecular formula is C32H51F2N7O4SSi. The van der Waals surface area contributed by atoms with Crippen molar-refractivity contribution in [2.75, 3.05) is 39.7 Å². The number of fused-ring (bicyclic) bond motifs is 1. The molecule has 0 fully saturated rings. The number of rotatable bonds is 17. The number of hydrogen-bond acceptors (Lipinski definition) is 9. The molecule has 1 N–H and O–H groups in total. The summed E-state index contributed by atoms with van der Waals surface area (Å²) < 4.78 is 46.9. The van der Waals surface area contributed by atoms with E-state index in [1.54, 1.807) is 22.7 Å². The number of alkyl halides is 2. The van der Waals surface area contributed by atoms with E-state index in [2.05, 4.69) is 54.2 Å². The third kappa shape index (κ3) is 10.6. The second-order valence-electron chi connectivity index (χ2n) is 13.2. The highest BCUT2D eigenvalue weighted by atomic mass is 32.2. The summed E-state index contributed by atoms with van der Waals surface area (Å²) in [5.41, 5.74) is 2.58. The molecule has 15 heteroatoms. The van der Waals surface area contributed by atoms with Crippen LogP contribution in [0.2, 0.25) is 18.1 Å². The van der Waals surface area contributed by atoms with Crippen molar-refractivity contribution < 1.29 is 27.5 Å². The molecule has 3 heterocycles. The van der Waals surface area contributed by atoms with Gasteiger partial charge in [0.1, 0.15) is 12.1 Å². The maximum Gasteiger partial charge on any atom is 0.318 e. The molecule has 11 nitrogen and oxygen atoms in total. The summed E-state index contributed by atoms with van der Waals surface area (Å²) in [6, 6.07) is 2.36. The highest BCUT2D eigenvalue weighted by Crippen LogP contribution is 2.36. The minimum Gasteiger partial charge on any atom is -0.494 e. The predicted octanol–water partition coefficient (Wildman–Crippen LogP) is 7.24. The lowest BCUT2D eigenvalue weighted by atomic mass is 10.1. The van der Waals surface area contributed by atoms with E-state index in [-0.39, 0.29) is 23.9 Å². The summed E-state index contributed by atoms with van der Waals surface area (Å²) in [6.07, 6.45) is 5.16. The Balaban J connectivity index is 1.73. The minimum absolute atomic E-state index is 0.0972. The molecule has 47 heavy (non-hydrogen) atoms. The highest BCUT2D eigenvalue weighted by molar-refractivity contribution is 7.98. The third-order valence-electron chi connectivity index (χ3n) is 8.67. The number of nitrogens with zero attached hydrogens (tertiary/aromatic N) is 6. The van der Waals surface area contributed by atoms with E-state index in [1.807, 2.05) is 32.2 Å². The van der Waals surface area contributed by atoms with Crippen LogP contribution in [0.15, 0.2) is 29.8 Å². The van der Waals surface area contributed by atoms with Crippen LogP contribution in [0, 0.1) is 0 Å². The molecule has 0 saturated carbocycles. The fraction of sp³-hybridized carbons (Fsp3) is 0.656. The fourth-order valence-electron chi connectivity index (χ4n) is 4.75. The van der Waals surface area contributed by atoms with Gasteiger partial charge in [-0.3, -0.25) is 4.98 Å². The van der Waals surface area contributed by atoms with E-state index in [4.69, 9.17) is 18.9 Å². The number of carbonyl (C=O) groups excluding carboxylic acids is 1. The van der Waals surface area contributed by atoms with Crippen LogP contribution in [0.4, 0.5) is 13.6 Å². The van der Waals surface area contributed by atoms with E-state index in [0.717, 1.165) is 6.92 Å². The van der Waals surface area contributed by atoms with Crippen LogP contribution >= 0.6 is 11.8 Å². The van der Waals surface area contributed by atoms with Crippen molar-refractivity contribution in [2.24, 2.45) is 0 Å². The molecule has 3 aromatic heterocycles. The van der Waals surface area contributed by atoms with Gasteiger partial charge in [-0.2, -0.15) is 9.61 Å². The van der Waals surface area contributed by atoms with Gasteiger partial charge in [0.15, 0.2) is 19.1 Å². The summed E-state index contributed by atoms with van der Waals surface area (Å²) in [7, 11) is -0.327. The van der Waals surface area contributed by atoms with Gasteiger partial charge >= 0.3 is 6.03 Å². The van der Waals surface area contributed by atoms with E-state index in [0.29, 0.717) is 66.3 Å². The number of halogens is 2. The largest absolute Gasteiger partial charge is 0.494 e. The van der Waals surface area contributed by atoms with Gasteiger partial charge in [-0.1, -0.05) is 32.5 Å². The number of ether oxygens (including phenoxy) is 2. The average molecular weight is 696 g/mol. The molecule has 0 aliphatic heterocycles. The van der Waals surface area contributed by atoms with E-state index in [1.165, 1.54) is 18.1 Å². The predicted molar refractivity (Wildman–Crippen MR) is 184 cm³/mol. The Bertz CT molecular complexity index is 1470. The van der Waals surface area contributed by atoms with Crippen LogP contribution in [0.25, 0.3) is 16.9 Å². The Morgan fingerprint density at radius 3 is 2.47 bits per heavy atom. The summed E-state index contributed by atoms with van der Waals surface area (Å²) in [6.45, 7) is 17.1. The molecule has 0 radical (unpaired) electrons. The zero-order valence-electron chi connectivity index (χ0n) is 29.4. The lowest BCUT2D eigenvalue weighted by Crippen LogP contribution is -2.46. The van der Waals surface area contributed by atoms with Crippen molar-refractivity contribution in [1.82, 2.24) is 34.8 Å². The van der Waals surface area contributed by atoms with Crippen LogP contribution in [0.3, 0.4) is 0 Å². The molecule has 0 saturated heterocycles. The maximum atomic E-state index is 13.8. The van der Waals surface area contributed by atoms with E-state index >= 15 is 0 Å². The van der Waals surface area contributed by atoms with E-state index < -0.39 is 26.3 Å². The number of aromatic nitrogens is 5. The minimum atomic E-state index is -2.85. The fourth-order valence-corrected chi connectivity index (χ4v) is 6.28. The SMILES string of the molecule is CCN(C(=O)N[C@H](CCOCCO[Si](C)(C)C(C)(C)C)CCC(C)(F)F)[C@H](C)c1cc(-c2cc3ncnn3c(SC)n2)c(OC)cn1. The second-order valence-corrected chi connectivity index (χ2v) is 18.8. The number of thioether (sulfide) groups is 1. The van der Waals surface area contributed by atoms with Gasteiger partial charge in [0, 0.05) is 37.2 Å². The first-order chi connectivity index (χ1) is 22.0. The number of methoxy groups -OCH3 is 1. The molecule has 2 atom stereocenters. The zero-order chi connectivity index (χ0) is 35.0. The molecule has 0 unspecified atom stereocenters. The molecule has 3 aromatic rings. The Kier molecular flexibility index (Phi) is 13.5. The number of amides is 2. The van der Waals surface area contributed by atoms with Crippen molar-refractivity contribution >= 4 is 31.8 Å². The quantitative estimate of drug-likeness (QED) is 0.0675. The Morgan fingerprint density at radius 2 is 1.85 bits per heavy atom. The molecule has 262 valence electrons. The van der Waals surface area contributed by atoms with Gasteiger partial charge in [-0.05, 0) is 64.1 Å². The van der Waals surface area contributed by atoms with E-state index in [9.17, 15) is 13.6 Å². The molecule has 2 amide bonds. The number of hydrogen-bond donors (Lipinski definition) is 1. The average Bonchev–Trinajstić information content (AvgIpc) is 3.48. The van der Waals surface area contributed by atoms with Gasteiger partial charge in [0.2, 0.25) is 5.92 Å². The number of carbonyl (C=O) groups is 1. The first-order valence-corrected chi connectivity index (χ1v) is 20.1. The maximum absolute atomic E-state index is 13.8. The molecular weight excluding hydrogens is 645 g/mol. The third-order valence-corrected chi connectivity index (χ3v) is 13.8. The van der Waals surface area contributed by atoms with Crippen molar-refractivity contribution in [3.05, 3.63) is 30.4 Å². The van der Waals surface area contributed by atoms with Gasteiger partial charge in [0.05, 0.1) is 44.0 Å². The number of urea groups is 1. The van der Waals surface area contributed by atoms with Crippen LogP contribution in [0.1, 0.15) is 72.5 Å². The topological polar surface area (TPSA) is 116 Å². The Labute approximate surface area is 282 Å². The normalized spacial score (nSPS) is 13.9. The Morgan fingerprint density at radius 1 is 1.13 bits per heavy atom. The summed E-state index contributed by atoms with van der Waals surface area (Å²) in [5.74, 6) is -2.33. The standard InChI is InChI=1S/C32H51F2N7O4SSi/c1-11-40(29(42)38-23(12-14-32(6,33)34)13-15-44-16-17-45-47(9,10)31(3,4)5)22(2)25-18-24(27(43-7)20-35-25)26-19-28-36-21-37-41(28)30(39-26)46-8/h18-23H,11-17H2,1-10H3,(H,38,42)/t22-,23+/m1/s1. The summed E-state index contributed by atoms with van der Waals surface area (Å²) in [4.78, 5) is 28.9. The smallest absolute Gasteiger partial charge is 0.318 e. The summed E-state index contributed by atoms with van der Waals surface area (Å²) in [5, 5.41) is 7.99. The number of pyridine rings is 1. The number of nitrogens with one attached hydrogen (secondary N) is 1. The lowest BCUT2D eigenvalue weighted by Gasteiger charge is -2.36. The van der Waals surface area contributed by atoms with Gasteiger partial charge in [-0.15, -0.1) is 0 Å². The van der Waals surface area contributed by atoms with Gasteiger partial charge in [-0.25, -0.2) is 23.5 Å². The highest BCUT2D eigenvalue weighted by Gasteiger charge is 2.37. The first-order valence-electron chi connectivity index (χ1n) is 16.0. The lowest BCUT2D eigenvalue weighted by molar-refractivity contribution is 0.00680. The summed E-state index contributed by atoms with van der Waals surface area (Å²) >= 11 is 1.44. The van der Waals surface area contributed by atoms with Crippen LogP contribution in [0.5, 0.6) is 5.75 Å². The second kappa shape index (κ2) is 16.5. The van der Waals surface area contributed by atoms with Crippen molar-refractivity contribution in [3.63, 3.8) is 0 Å². The Hall–Kier alpha value is -2.88. The van der Waals surface area contributed by atoms with Gasteiger partial charge in [0.25, 0.3) is 0 Å². The molecule has 0 spiro atoms. The molecule has 0 aromatic carbocycles. The van der Waals surface area contributed by atoms with Crippen LogP contribution in [-0.2, 0) is 9.16 Å². The zero-order valence-corrected chi connectivity index (χ0v) is 31.2. The van der Waals surface area contributed by atoms with Gasteiger partial charge < -0.3 is 24.1 Å². The van der Waals surface area contributed by atoms with Crippen molar-refractivity contribution in [2.45, 2.75) is 102 Å².